The lowest BCUT2D eigenvalue weighted by Crippen LogP contribution is -2.33. The third-order valence-corrected chi connectivity index (χ3v) is 4.98. The largest absolute Gasteiger partial charge is 0.450 e. The number of hydrogen-bond donors (Lipinski definition) is 2. The number of cyclic esters (lactones) is 1. The zero-order valence-electron chi connectivity index (χ0n) is 18.0. The molecule has 0 bridgehead atoms. The molecule has 0 unspecified atom stereocenters. The molecule has 2 N–H and O–H groups in total. The molecule has 172 valence electrons. The van der Waals surface area contributed by atoms with Gasteiger partial charge in [0.15, 0.2) is 5.82 Å². The second-order valence-electron chi connectivity index (χ2n) is 7.37. The predicted octanol–water partition coefficient (Wildman–Crippen LogP) is 3.17. The van der Waals surface area contributed by atoms with Gasteiger partial charge in [-0.15, -0.1) is 0 Å². The molecule has 33 heavy (non-hydrogen) atoms. The first kappa shape index (κ1) is 22.1. The van der Waals surface area contributed by atoms with Crippen molar-refractivity contribution >= 4 is 35.2 Å². The fraction of sp³-hybridized carbons (Fsp3) is 0.273. The van der Waals surface area contributed by atoms with Gasteiger partial charge in [0.1, 0.15) is 17.6 Å². The lowest BCUT2D eigenvalue weighted by atomic mass is 10.1. The number of aromatic nitrogens is 2. The average molecular weight is 455 g/mol. The van der Waals surface area contributed by atoms with Gasteiger partial charge in [0.25, 0.3) is 0 Å². The van der Waals surface area contributed by atoms with Crippen LogP contribution in [0.4, 0.5) is 25.5 Å². The Labute approximate surface area is 188 Å². The first-order valence-corrected chi connectivity index (χ1v) is 10.3. The molecule has 10 nitrogen and oxygen atoms in total. The lowest BCUT2D eigenvalue weighted by molar-refractivity contribution is -0.119. The third kappa shape index (κ3) is 4.86. The number of pyridine rings is 1. The molecule has 1 saturated heterocycles. The minimum Gasteiger partial charge on any atom is -0.450 e. The van der Waals surface area contributed by atoms with Gasteiger partial charge in [-0.05, 0) is 37.3 Å². The molecule has 3 aromatic rings. The first-order valence-electron chi connectivity index (χ1n) is 10.3. The Hall–Kier alpha value is -4.15. The minimum atomic E-state index is -0.609. The number of anilines is 2. The quantitative estimate of drug-likeness (QED) is 0.590. The number of rotatable bonds is 6. The second-order valence-corrected chi connectivity index (χ2v) is 7.37. The Morgan fingerprint density at radius 3 is 2.82 bits per heavy atom. The predicted molar refractivity (Wildman–Crippen MR) is 118 cm³/mol. The van der Waals surface area contributed by atoms with Crippen LogP contribution in [0, 0.1) is 5.82 Å². The van der Waals surface area contributed by atoms with Gasteiger partial charge in [-0.3, -0.25) is 15.0 Å². The van der Waals surface area contributed by atoms with Crippen molar-refractivity contribution < 1.29 is 28.2 Å². The topological polar surface area (TPSA) is 114 Å². The highest BCUT2D eigenvalue weighted by atomic mass is 19.1. The Bertz CT molecular complexity index is 1230. The van der Waals surface area contributed by atoms with E-state index in [2.05, 4.69) is 15.6 Å². The summed E-state index contributed by atoms with van der Waals surface area (Å²) in [6.45, 7) is 3.71. The smallest absolute Gasteiger partial charge is 0.414 e. The summed E-state index contributed by atoms with van der Waals surface area (Å²) >= 11 is 0. The van der Waals surface area contributed by atoms with Crippen molar-refractivity contribution in [3.05, 3.63) is 48.5 Å². The maximum atomic E-state index is 15.0. The van der Waals surface area contributed by atoms with Gasteiger partial charge >= 0.3 is 12.2 Å². The summed E-state index contributed by atoms with van der Waals surface area (Å²) in [6, 6.07) is 7.89. The van der Waals surface area contributed by atoms with Gasteiger partial charge in [0.05, 0.1) is 31.6 Å². The highest BCUT2D eigenvalue weighted by Crippen LogP contribution is 2.29. The van der Waals surface area contributed by atoms with E-state index in [4.69, 9.17) is 9.47 Å². The van der Waals surface area contributed by atoms with Crippen LogP contribution in [0.25, 0.3) is 16.8 Å². The molecular formula is C22H22FN5O5. The average Bonchev–Trinajstić information content (AvgIpc) is 3.34. The number of ether oxygens (including phenoxy) is 2. The van der Waals surface area contributed by atoms with Crippen LogP contribution in [0.15, 0.2) is 42.7 Å². The summed E-state index contributed by atoms with van der Waals surface area (Å²) < 4.78 is 26.7. The van der Waals surface area contributed by atoms with Crippen molar-refractivity contribution in [3.8, 4) is 11.1 Å². The summed E-state index contributed by atoms with van der Waals surface area (Å²) in [5, 5.41) is 5.13. The standard InChI is InChI=1S/C22H22FN5O5/c1-3-32-21(30)26-19-12-27-10-14(4-7-20(27)25-19)17-6-5-15(8-18(17)23)28-11-16(33-22(28)31)9-24-13(2)29/h4-8,10,12,16H,3,9,11H2,1-2H3,(H,24,29)(H,26,30)/t16-/m0/s1. The molecular weight excluding hydrogens is 433 g/mol. The van der Waals surface area contributed by atoms with E-state index in [0.717, 1.165) is 0 Å². The monoisotopic (exact) mass is 455 g/mol. The Morgan fingerprint density at radius 1 is 1.27 bits per heavy atom. The van der Waals surface area contributed by atoms with E-state index >= 15 is 0 Å². The van der Waals surface area contributed by atoms with E-state index in [0.29, 0.717) is 28.3 Å². The number of nitrogens with zero attached hydrogens (tertiary/aromatic N) is 3. The van der Waals surface area contributed by atoms with Crippen LogP contribution in [0.1, 0.15) is 13.8 Å². The number of halogens is 1. The van der Waals surface area contributed by atoms with Crippen LogP contribution in [0.3, 0.4) is 0 Å². The van der Waals surface area contributed by atoms with Crippen LogP contribution in [-0.2, 0) is 14.3 Å². The van der Waals surface area contributed by atoms with Crippen LogP contribution >= 0.6 is 0 Å². The van der Waals surface area contributed by atoms with Crippen LogP contribution in [0.2, 0.25) is 0 Å². The van der Waals surface area contributed by atoms with Crippen LogP contribution < -0.4 is 15.5 Å². The Morgan fingerprint density at radius 2 is 2.09 bits per heavy atom. The molecule has 0 radical (unpaired) electrons. The van der Waals surface area contributed by atoms with E-state index < -0.39 is 24.1 Å². The van der Waals surface area contributed by atoms with E-state index in [1.54, 1.807) is 48.0 Å². The molecule has 1 aliphatic rings. The first-order chi connectivity index (χ1) is 15.8. The minimum absolute atomic E-state index is 0.191. The number of carbonyl (C=O) groups excluding carboxylic acids is 3. The molecule has 11 heteroatoms. The number of benzene rings is 1. The van der Waals surface area contributed by atoms with Gasteiger partial charge in [-0.25, -0.2) is 19.0 Å². The number of fused-ring (bicyclic) bond motifs is 1. The maximum absolute atomic E-state index is 15.0. The summed E-state index contributed by atoms with van der Waals surface area (Å²) in [4.78, 5) is 40.4. The van der Waals surface area contributed by atoms with Gasteiger partial charge in [-0.2, -0.15) is 0 Å². The third-order valence-electron chi connectivity index (χ3n) is 4.98. The van der Waals surface area contributed by atoms with Gasteiger partial charge in [0, 0.05) is 24.2 Å². The highest BCUT2D eigenvalue weighted by Gasteiger charge is 2.32. The zero-order chi connectivity index (χ0) is 23.5. The van der Waals surface area contributed by atoms with Crippen molar-refractivity contribution in [2.75, 3.05) is 29.9 Å². The Balaban J connectivity index is 1.52. The number of hydrogen-bond acceptors (Lipinski definition) is 6. The molecule has 1 aromatic carbocycles. The van der Waals surface area contributed by atoms with Crippen molar-refractivity contribution in [3.63, 3.8) is 0 Å². The fourth-order valence-electron chi connectivity index (χ4n) is 3.49. The molecule has 1 aliphatic heterocycles. The summed E-state index contributed by atoms with van der Waals surface area (Å²) in [5.41, 5.74) is 1.83. The molecule has 3 heterocycles. The number of amides is 3. The maximum Gasteiger partial charge on any atom is 0.414 e. The van der Waals surface area contributed by atoms with E-state index in [1.165, 1.54) is 17.9 Å². The number of nitrogens with one attached hydrogen (secondary N) is 2. The summed E-state index contributed by atoms with van der Waals surface area (Å²) in [6.07, 6.45) is 1.56. The van der Waals surface area contributed by atoms with Crippen LogP contribution in [-0.4, -0.2) is 53.3 Å². The van der Waals surface area contributed by atoms with Crippen LogP contribution in [0.5, 0.6) is 0 Å². The van der Waals surface area contributed by atoms with Crippen molar-refractivity contribution in [2.45, 2.75) is 20.0 Å². The molecule has 0 spiro atoms. The summed E-state index contributed by atoms with van der Waals surface area (Å²) in [7, 11) is 0. The molecule has 3 amide bonds. The lowest BCUT2D eigenvalue weighted by Gasteiger charge is -2.14. The fourth-order valence-corrected chi connectivity index (χ4v) is 3.49. The second kappa shape index (κ2) is 9.15. The van der Waals surface area contributed by atoms with E-state index in [-0.39, 0.29) is 25.6 Å². The van der Waals surface area contributed by atoms with E-state index in [9.17, 15) is 18.8 Å². The van der Waals surface area contributed by atoms with E-state index in [1.807, 2.05) is 0 Å². The van der Waals surface area contributed by atoms with Crippen molar-refractivity contribution in [1.29, 1.82) is 0 Å². The Kier molecular flexibility index (Phi) is 6.11. The number of carbonyl (C=O) groups is 3. The molecule has 2 aromatic heterocycles. The summed E-state index contributed by atoms with van der Waals surface area (Å²) in [5.74, 6) is -0.434. The molecule has 1 fully saturated rings. The molecule has 0 aliphatic carbocycles. The van der Waals surface area contributed by atoms with Gasteiger partial charge in [-0.1, -0.05) is 0 Å². The van der Waals surface area contributed by atoms with Gasteiger partial charge in [0.2, 0.25) is 5.91 Å². The highest BCUT2D eigenvalue weighted by molar-refractivity contribution is 5.90. The SMILES string of the molecule is CCOC(=O)Nc1cn2cc(-c3ccc(N4C[C@H](CNC(C)=O)OC4=O)cc3F)ccc2n1. The van der Waals surface area contributed by atoms with Crippen molar-refractivity contribution in [1.82, 2.24) is 14.7 Å². The molecule has 4 rings (SSSR count). The molecule has 1 atom stereocenters. The number of imidazole rings is 1. The normalized spacial score (nSPS) is 15.4. The zero-order valence-corrected chi connectivity index (χ0v) is 18.0. The van der Waals surface area contributed by atoms with Crippen molar-refractivity contribution in [2.24, 2.45) is 0 Å². The molecule has 0 saturated carbocycles. The van der Waals surface area contributed by atoms with Gasteiger partial charge < -0.3 is 19.2 Å².